The van der Waals surface area contributed by atoms with E-state index >= 15 is 0 Å². The van der Waals surface area contributed by atoms with E-state index in [4.69, 9.17) is 4.98 Å². The van der Waals surface area contributed by atoms with E-state index < -0.39 is 11.0 Å². The minimum atomic E-state index is -1.11. The van der Waals surface area contributed by atoms with Gasteiger partial charge < -0.3 is 0 Å². The highest BCUT2D eigenvalue weighted by Gasteiger charge is 2.23. The van der Waals surface area contributed by atoms with E-state index in [1.165, 1.54) is 0 Å². The Morgan fingerprint density at radius 3 is 2.57 bits per heavy atom. The van der Waals surface area contributed by atoms with E-state index in [1.54, 1.807) is 0 Å². The second-order valence-electron chi connectivity index (χ2n) is 6.25. The van der Waals surface area contributed by atoms with E-state index in [0.717, 1.165) is 26.6 Å². The molecule has 1 N–H and O–H groups in total. The number of benzene rings is 1. The summed E-state index contributed by atoms with van der Waals surface area (Å²) in [4.78, 5) is 4.74. The lowest BCUT2D eigenvalue weighted by molar-refractivity contribution is 0.611. The molecular formula is C16H21BrN2OS. The molecule has 0 radical (unpaired) electrons. The standard InChI is InChI=1S/C16H21BrN2OS/c1-10-8-12-6-7-13(17)9-14(12)18-15(10)11(2)19-21(20)16(3,4)5/h6-9,11,19H,1-5H3. The third-order valence-corrected chi connectivity index (χ3v) is 5.43. The van der Waals surface area contributed by atoms with Crippen LogP contribution < -0.4 is 4.72 Å². The fourth-order valence-electron chi connectivity index (χ4n) is 2.09. The Morgan fingerprint density at radius 2 is 1.95 bits per heavy atom. The molecule has 5 heteroatoms. The molecule has 2 rings (SSSR count). The van der Waals surface area contributed by atoms with Gasteiger partial charge in [-0.3, -0.25) is 4.98 Å². The second kappa shape index (κ2) is 6.15. The van der Waals surface area contributed by atoms with Crippen LogP contribution in [0.25, 0.3) is 10.9 Å². The topological polar surface area (TPSA) is 42.0 Å². The summed E-state index contributed by atoms with van der Waals surface area (Å²) in [5.41, 5.74) is 2.99. The molecule has 0 saturated heterocycles. The minimum absolute atomic E-state index is 0.0616. The molecule has 1 aromatic heterocycles. The maximum absolute atomic E-state index is 12.2. The average molecular weight is 369 g/mol. The third kappa shape index (κ3) is 3.90. The van der Waals surface area contributed by atoms with Crippen molar-refractivity contribution < 1.29 is 4.21 Å². The summed E-state index contributed by atoms with van der Waals surface area (Å²) >= 11 is 3.47. The smallest absolute Gasteiger partial charge is 0.0976 e. The van der Waals surface area contributed by atoms with Gasteiger partial charge in [-0.1, -0.05) is 22.0 Å². The van der Waals surface area contributed by atoms with Gasteiger partial charge in [0.25, 0.3) is 0 Å². The van der Waals surface area contributed by atoms with E-state index in [-0.39, 0.29) is 10.8 Å². The lowest BCUT2D eigenvalue weighted by atomic mass is 10.1. The first-order valence-corrected chi connectivity index (χ1v) is 8.87. The number of rotatable bonds is 3. The molecule has 0 aliphatic carbocycles. The third-order valence-electron chi connectivity index (χ3n) is 3.26. The number of nitrogens with zero attached hydrogens (tertiary/aromatic N) is 1. The average Bonchev–Trinajstić information content (AvgIpc) is 2.37. The number of aryl methyl sites for hydroxylation is 1. The van der Waals surface area contributed by atoms with Crippen molar-refractivity contribution in [1.82, 2.24) is 9.71 Å². The number of hydrogen-bond acceptors (Lipinski definition) is 2. The Kier molecular flexibility index (Phi) is 4.85. The Labute approximate surface area is 137 Å². The number of pyridine rings is 1. The maximum Gasteiger partial charge on any atom is 0.0976 e. The molecule has 0 aliphatic heterocycles. The predicted octanol–water partition coefficient (Wildman–Crippen LogP) is 4.42. The second-order valence-corrected chi connectivity index (χ2v) is 9.16. The number of nitrogens with one attached hydrogen (secondary N) is 1. The van der Waals surface area contributed by atoms with Crippen LogP contribution in [-0.2, 0) is 11.0 Å². The van der Waals surface area contributed by atoms with Gasteiger partial charge >= 0.3 is 0 Å². The molecule has 0 bridgehead atoms. The first-order valence-electron chi connectivity index (χ1n) is 6.93. The quantitative estimate of drug-likeness (QED) is 0.870. The van der Waals surface area contributed by atoms with E-state index in [1.807, 2.05) is 46.8 Å². The summed E-state index contributed by atoms with van der Waals surface area (Å²) in [6, 6.07) is 8.13. The fraction of sp³-hybridized carbons (Fsp3) is 0.438. The Morgan fingerprint density at radius 1 is 1.29 bits per heavy atom. The van der Waals surface area contributed by atoms with Crippen LogP contribution in [0.15, 0.2) is 28.7 Å². The SMILES string of the molecule is Cc1cc2ccc(Br)cc2nc1C(C)NS(=O)C(C)(C)C. The Balaban J connectivity index is 2.37. The van der Waals surface area contributed by atoms with Gasteiger partial charge in [-0.2, -0.15) is 0 Å². The molecule has 2 aromatic rings. The van der Waals surface area contributed by atoms with Gasteiger partial charge in [-0.05, 0) is 58.4 Å². The first kappa shape index (κ1) is 16.6. The number of hydrogen-bond donors (Lipinski definition) is 1. The van der Waals surface area contributed by atoms with Crippen molar-refractivity contribution >= 4 is 37.8 Å². The molecule has 1 aromatic carbocycles. The normalized spacial score (nSPS) is 15.1. The van der Waals surface area contributed by atoms with Gasteiger partial charge in [0.05, 0.1) is 33.0 Å². The molecule has 0 fully saturated rings. The van der Waals surface area contributed by atoms with E-state index in [9.17, 15) is 4.21 Å². The lowest BCUT2D eigenvalue weighted by Gasteiger charge is -2.22. The van der Waals surface area contributed by atoms with E-state index in [2.05, 4.69) is 32.8 Å². The zero-order valence-corrected chi connectivity index (χ0v) is 15.4. The molecule has 2 unspecified atom stereocenters. The Bertz CT molecular complexity index is 694. The number of fused-ring (bicyclic) bond motifs is 1. The zero-order chi connectivity index (χ0) is 15.8. The Hall–Kier alpha value is -0.780. The van der Waals surface area contributed by atoms with Crippen LogP contribution in [-0.4, -0.2) is 13.9 Å². The van der Waals surface area contributed by atoms with Crippen LogP contribution >= 0.6 is 15.9 Å². The summed E-state index contributed by atoms with van der Waals surface area (Å²) in [6.07, 6.45) is 0. The highest BCUT2D eigenvalue weighted by atomic mass is 79.9. The van der Waals surface area contributed by atoms with Crippen molar-refractivity contribution in [2.45, 2.75) is 45.4 Å². The van der Waals surface area contributed by atoms with Crippen molar-refractivity contribution in [3.05, 3.63) is 40.0 Å². The predicted molar refractivity (Wildman–Crippen MR) is 93.6 cm³/mol. The monoisotopic (exact) mass is 368 g/mol. The molecule has 3 nitrogen and oxygen atoms in total. The molecule has 0 spiro atoms. The summed E-state index contributed by atoms with van der Waals surface area (Å²) in [6.45, 7) is 9.92. The van der Waals surface area contributed by atoms with Crippen LogP contribution in [0.5, 0.6) is 0 Å². The summed E-state index contributed by atoms with van der Waals surface area (Å²) in [5.74, 6) is 0. The molecule has 0 aliphatic rings. The molecule has 1 heterocycles. The number of halogens is 1. The van der Waals surface area contributed by atoms with E-state index in [0.29, 0.717) is 0 Å². The molecule has 114 valence electrons. The minimum Gasteiger partial charge on any atom is -0.251 e. The summed E-state index contributed by atoms with van der Waals surface area (Å²) in [5, 5.41) is 1.11. The van der Waals surface area contributed by atoms with Crippen LogP contribution in [0.3, 0.4) is 0 Å². The maximum atomic E-state index is 12.2. The van der Waals surface area contributed by atoms with Gasteiger partial charge in [0.1, 0.15) is 0 Å². The first-order chi connectivity index (χ1) is 9.68. The van der Waals surface area contributed by atoms with Crippen molar-refractivity contribution in [1.29, 1.82) is 0 Å². The van der Waals surface area contributed by atoms with Gasteiger partial charge in [0.15, 0.2) is 0 Å². The van der Waals surface area contributed by atoms with Gasteiger partial charge in [0, 0.05) is 9.86 Å². The molecular weight excluding hydrogens is 348 g/mol. The van der Waals surface area contributed by atoms with Gasteiger partial charge in [0.2, 0.25) is 0 Å². The van der Waals surface area contributed by atoms with Crippen LogP contribution in [0.2, 0.25) is 0 Å². The van der Waals surface area contributed by atoms with Crippen LogP contribution in [0.4, 0.5) is 0 Å². The summed E-state index contributed by atoms with van der Waals surface area (Å²) < 4.78 is 16.1. The fourth-order valence-corrected chi connectivity index (χ4v) is 3.23. The van der Waals surface area contributed by atoms with Crippen molar-refractivity contribution in [2.75, 3.05) is 0 Å². The largest absolute Gasteiger partial charge is 0.251 e. The molecule has 0 amide bonds. The summed E-state index contributed by atoms with van der Waals surface area (Å²) in [7, 11) is -1.11. The highest BCUT2D eigenvalue weighted by Crippen LogP contribution is 2.24. The van der Waals surface area contributed by atoms with Crippen molar-refractivity contribution in [3.8, 4) is 0 Å². The van der Waals surface area contributed by atoms with Gasteiger partial charge in [-0.15, -0.1) is 0 Å². The van der Waals surface area contributed by atoms with Crippen molar-refractivity contribution in [3.63, 3.8) is 0 Å². The zero-order valence-electron chi connectivity index (χ0n) is 13.0. The molecule has 21 heavy (non-hydrogen) atoms. The van der Waals surface area contributed by atoms with Gasteiger partial charge in [-0.25, -0.2) is 8.93 Å². The molecule has 2 atom stereocenters. The highest BCUT2D eigenvalue weighted by molar-refractivity contribution is 9.10. The number of aromatic nitrogens is 1. The van der Waals surface area contributed by atoms with Crippen LogP contribution in [0.1, 0.15) is 45.0 Å². The van der Waals surface area contributed by atoms with Crippen molar-refractivity contribution in [2.24, 2.45) is 0 Å². The molecule has 0 saturated carbocycles. The lowest BCUT2D eigenvalue weighted by Crippen LogP contribution is -2.35. The van der Waals surface area contributed by atoms with Crippen LogP contribution in [0, 0.1) is 6.92 Å².